The van der Waals surface area contributed by atoms with Crippen LogP contribution in [0.2, 0.25) is 0 Å². The number of amides is 1. The van der Waals surface area contributed by atoms with E-state index in [9.17, 15) is 9.59 Å². The van der Waals surface area contributed by atoms with Crippen LogP contribution in [0.3, 0.4) is 0 Å². The van der Waals surface area contributed by atoms with Crippen molar-refractivity contribution in [2.24, 2.45) is 5.92 Å². The summed E-state index contributed by atoms with van der Waals surface area (Å²) in [6, 6.07) is 17.2. The molecule has 0 unspecified atom stereocenters. The fraction of sp³-hybridized carbons (Fsp3) is 0.300. The van der Waals surface area contributed by atoms with E-state index in [-0.39, 0.29) is 18.5 Å². The van der Waals surface area contributed by atoms with Gasteiger partial charge in [-0.25, -0.2) is 4.79 Å². The van der Waals surface area contributed by atoms with Gasteiger partial charge in [0.05, 0.1) is 18.4 Å². The van der Waals surface area contributed by atoms with Crippen LogP contribution in [0.1, 0.15) is 35.8 Å². The average molecular weight is 341 g/mol. The molecule has 0 saturated heterocycles. The van der Waals surface area contributed by atoms with Crippen LogP contribution in [-0.2, 0) is 9.53 Å². The van der Waals surface area contributed by atoms with Gasteiger partial charge in [-0.05, 0) is 12.1 Å². The monoisotopic (exact) mass is 341 g/mol. The highest BCUT2D eigenvalue weighted by Crippen LogP contribution is 2.17. The molecule has 5 nitrogen and oxygen atoms in total. The molecular weight excluding hydrogens is 316 g/mol. The lowest BCUT2D eigenvalue weighted by molar-refractivity contribution is -0.692. The molecule has 1 atom stereocenters. The smallest absolute Gasteiger partial charge is 0.339 e. The number of methoxy groups -OCH3 is 1. The molecule has 3 N–H and O–H groups in total. The van der Waals surface area contributed by atoms with Gasteiger partial charge in [0, 0.05) is 11.5 Å². The molecule has 25 heavy (non-hydrogen) atoms. The van der Waals surface area contributed by atoms with E-state index in [1.807, 2.05) is 23.5 Å². The highest BCUT2D eigenvalue weighted by molar-refractivity contribution is 6.01. The number of benzene rings is 2. The number of hydrogen-bond acceptors (Lipinski definition) is 3. The Morgan fingerprint density at radius 2 is 1.68 bits per heavy atom. The standard InChI is InChI=1S/C20H24N2O3/c1-14(2)19(15-9-5-4-6-10-15)21-13-18(23)22-17-12-8-7-11-16(17)20(24)25-3/h4-12,14,19,21H,13H2,1-3H3,(H,22,23)/p+1/t19-/m1/s1. The number of nitrogens with two attached hydrogens (primary N) is 1. The van der Waals surface area contributed by atoms with Crippen molar-refractivity contribution in [2.45, 2.75) is 19.9 Å². The van der Waals surface area contributed by atoms with Crippen LogP contribution in [0.5, 0.6) is 0 Å². The van der Waals surface area contributed by atoms with E-state index in [0.29, 0.717) is 17.2 Å². The van der Waals surface area contributed by atoms with Crippen molar-refractivity contribution >= 4 is 17.6 Å². The Morgan fingerprint density at radius 3 is 2.32 bits per heavy atom. The quantitative estimate of drug-likeness (QED) is 0.760. The van der Waals surface area contributed by atoms with Crippen LogP contribution in [-0.4, -0.2) is 25.5 Å². The molecule has 0 spiro atoms. The first-order valence-electron chi connectivity index (χ1n) is 8.38. The van der Waals surface area contributed by atoms with Gasteiger partial charge in [-0.1, -0.05) is 56.3 Å². The molecule has 0 saturated carbocycles. The van der Waals surface area contributed by atoms with Crippen LogP contribution in [0.4, 0.5) is 5.69 Å². The SMILES string of the molecule is COC(=O)c1ccccc1NC(=O)C[NH2+][C@@H](c1ccccc1)C(C)C. The highest BCUT2D eigenvalue weighted by Gasteiger charge is 2.21. The Labute approximate surface area is 148 Å². The molecule has 0 aromatic heterocycles. The molecule has 2 rings (SSSR count). The van der Waals surface area contributed by atoms with Crippen LogP contribution in [0, 0.1) is 5.92 Å². The van der Waals surface area contributed by atoms with Crippen molar-refractivity contribution in [3.05, 3.63) is 65.7 Å². The third-order valence-electron chi connectivity index (χ3n) is 4.07. The first kappa shape index (κ1) is 18.7. The van der Waals surface area contributed by atoms with Crippen LogP contribution in [0.25, 0.3) is 0 Å². The second kappa shape index (κ2) is 8.99. The lowest BCUT2D eigenvalue weighted by atomic mass is 9.96. The third-order valence-corrected chi connectivity index (χ3v) is 4.07. The molecule has 5 heteroatoms. The van der Waals surface area contributed by atoms with Gasteiger partial charge in [0.15, 0.2) is 6.54 Å². The predicted molar refractivity (Wildman–Crippen MR) is 97.2 cm³/mol. The fourth-order valence-corrected chi connectivity index (χ4v) is 2.78. The highest BCUT2D eigenvalue weighted by atomic mass is 16.5. The Morgan fingerprint density at radius 1 is 1.04 bits per heavy atom. The molecule has 0 aliphatic rings. The normalized spacial score (nSPS) is 11.8. The summed E-state index contributed by atoms with van der Waals surface area (Å²) in [5.74, 6) is -0.236. The number of carbonyl (C=O) groups is 2. The summed E-state index contributed by atoms with van der Waals surface area (Å²) < 4.78 is 4.75. The average Bonchev–Trinajstić information content (AvgIpc) is 2.62. The number of nitrogens with one attached hydrogen (secondary N) is 1. The molecule has 0 bridgehead atoms. The Bertz CT molecular complexity index is 714. The largest absolute Gasteiger partial charge is 0.465 e. The second-order valence-electron chi connectivity index (χ2n) is 6.21. The van der Waals surface area contributed by atoms with Crippen molar-refractivity contribution in [1.82, 2.24) is 0 Å². The van der Waals surface area contributed by atoms with E-state index in [1.54, 1.807) is 24.3 Å². The summed E-state index contributed by atoms with van der Waals surface area (Å²) in [5, 5.41) is 4.82. The molecule has 0 fully saturated rings. The van der Waals surface area contributed by atoms with Crippen molar-refractivity contribution < 1.29 is 19.6 Å². The van der Waals surface area contributed by atoms with Gasteiger partial charge in [-0.2, -0.15) is 0 Å². The first-order chi connectivity index (χ1) is 12.0. The topological polar surface area (TPSA) is 72.0 Å². The van der Waals surface area contributed by atoms with Crippen molar-refractivity contribution in [1.29, 1.82) is 0 Å². The number of anilines is 1. The van der Waals surface area contributed by atoms with Crippen molar-refractivity contribution in [3.63, 3.8) is 0 Å². The van der Waals surface area contributed by atoms with Gasteiger partial charge in [-0.3, -0.25) is 4.79 Å². The lowest BCUT2D eigenvalue weighted by Gasteiger charge is -2.19. The van der Waals surface area contributed by atoms with Gasteiger partial charge >= 0.3 is 5.97 Å². The Kier molecular flexibility index (Phi) is 6.71. The first-order valence-corrected chi connectivity index (χ1v) is 8.38. The van der Waals surface area contributed by atoms with Crippen LogP contribution < -0.4 is 10.6 Å². The number of ether oxygens (including phenoxy) is 1. The van der Waals surface area contributed by atoms with Gasteiger partial charge < -0.3 is 15.4 Å². The van der Waals surface area contributed by atoms with E-state index in [2.05, 4.69) is 31.3 Å². The molecular formula is C20H25N2O3+. The molecule has 0 heterocycles. The molecule has 2 aromatic carbocycles. The van der Waals surface area contributed by atoms with E-state index in [1.165, 1.54) is 12.7 Å². The van der Waals surface area contributed by atoms with Crippen molar-refractivity contribution in [3.8, 4) is 0 Å². The molecule has 0 radical (unpaired) electrons. The Hall–Kier alpha value is -2.66. The van der Waals surface area contributed by atoms with Gasteiger partial charge in [-0.15, -0.1) is 0 Å². The number of para-hydroxylation sites is 1. The zero-order chi connectivity index (χ0) is 18.2. The van der Waals surface area contributed by atoms with Gasteiger partial charge in [0.2, 0.25) is 0 Å². The summed E-state index contributed by atoms with van der Waals surface area (Å²) in [6.07, 6.45) is 0. The van der Waals surface area contributed by atoms with Crippen LogP contribution in [0.15, 0.2) is 54.6 Å². The number of esters is 1. The summed E-state index contributed by atoms with van der Waals surface area (Å²) in [6.45, 7) is 4.55. The third kappa shape index (κ3) is 5.16. The minimum Gasteiger partial charge on any atom is -0.465 e. The number of rotatable bonds is 7. The van der Waals surface area contributed by atoms with E-state index in [4.69, 9.17) is 4.74 Å². The van der Waals surface area contributed by atoms with E-state index < -0.39 is 5.97 Å². The fourth-order valence-electron chi connectivity index (χ4n) is 2.78. The number of quaternary nitrogens is 1. The maximum atomic E-state index is 12.3. The van der Waals surface area contributed by atoms with Gasteiger partial charge in [0.1, 0.15) is 6.04 Å². The minimum atomic E-state index is -0.468. The summed E-state index contributed by atoms with van der Waals surface area (Å²) in [4.78, 5) is 24.1. The summed E-state index contributed by atoms with van der Waals surface area (Å²) in [7, 11) is 1.32. The zero-order valence-corrected chi connectivity index (χ0v) is 14.9. The zero-order valence-electron chi connectivity index (χ0n) is 14.9. The van der Waals surface area contributed by atoms with Crippen molar-refractivity contribution in [2.75, 3.05) is 19.0 Å². The lowest BCUT2D eigenvalue weighted by Crippen LogP contribution is -2.88. The molecule has 0 aliphatic carbocycles. The second-order valence-corrected chi connectivity index (χ2v) is 6.21. The van der Waals surface area contributed by atoms with E-state index in [0.717, 1.165) is 0 Å². The Balaban J connectivity index is 2.02. The van der Waals surface area contributed by atoms with Crippen LogP contribution >= 0.6 is 0 Å². The molecule has 1 amide bonds. The summed E-state index contributed by atoms with van der Waals surface area (Å²) in [5.41, 5.74) is 2.01. The molecule has 2 aromatic rings. The molecule has 0 aliphatic heterocycles. The maximum Gasteiger partial charge on any atom is 0.339 e. The number of hydrogen-bond donors (Lipinski definition) is 2. The summed E-state index contributed by atoms with van der Waals surface area (Å²) >= 11 is 0. The predicted octanol–water partition coefficient (Wildman–Crippen LogP) is 2.37. The molecule has 132 valence electrons. The van der Waals surface area contributed by atoms with Gasteiger partial charge in [0.25, 0.3) is 5.91 Å². The van der Waals surface area contributed by atoms with E-state index >= 15 is 0 Å². The maximum absolute atomic E-state index is 12.3. The minimum absolute atomic E-state index is 0.155. The number of carbonyl (C=O) groups excluding carboxylic acids is 2.